The summed E-state index contributed by atoms with van der Waals surface area (Å²) in [6.45, 7) is 0.237. The maximum atomic E-state index is 10.7. The molecule has 106 valence electrons. The molecule has 1 N–H and O–H groups in total. The topological polar surface area (TPSA) is 63.2 Å². The molecule has 0 saturated carbocycles. The highest BCUT2D eigenvalue weighted by atomic mass is 32.2. The first kappa shape index (κ1) is 14.5. The second kappa shape index (κ2) is 6.02. The number of nitrogens with zero attached hydrogens (tertiary/aromatic N) is 2. The van der Waals surface area contributed by atoms with Crippen molar-refractivity contribution in [1.29, 1.82) is 0 Å². The van der Waals surface area contributed by atoms with E-state index in [1.807, 2.05) is 54.2 Å². The number of hydrogen-bond acceptors (Lipinski definition) is 2. The van der Waals surface area contributed by atoms with Gasteiger partial charge in [0.15, 0.2) is 18.9 Å². The third-order valence-electron chi connectivity index (χ3n) is 2.95. The molecule has 2 aromatic heterocycles. The second-order valence-corrected chi connectivity index (χ2v) is 6.10. The predicted octanol–water partition coefficient (Wildman–Crippen LogP) is 1.37. The molecule has 0 aliphatic heterocycles. The van der Waals surface area contributed by atoms with Crippen LogP contribution in [0.25, 0.3) is 12.2 Å². The Labute approximate surface area is 118 Å². The van der Waals surface area contributed by atoms with Crippen LogP contribution in [0.15, 0.2) is 42.9 Å². The number of aryl methyl sites for hydroxylation is 2. The molecule has 0 aliphatic rings. The zero-order chi connectivity index (χ0) is 14.6. The average molecular weight is 293 g/mol. The molecule has 0 radical (unpaired) electrons. The van der Waals surface area contributed by atoms with Gasteiger partial charge in [0.05, 0.1) is 0 Å². The van der Waals surface area contributed by atoms with E-state index in [4.69, 9.17) is 4.55 Å². The lowest BCUT2D eigenvalue weighted by Crippen LogP contribution is -2.36. The van der Waals surface area contributed by atoms with Gasteiger partial charge >= 0.3 is 0 Å². The Morgan fingerprint density at radius 3 is 2.50 bits per heavy atom. The van der Waals surface area contributed by atoms with Gasteiger partial charge in [-0.1, -0.05) is 6.08 Å². The molecule has 6 heteroatoms. The van der Waals surface area contributed by atoms with Gasteiger partial charge in [0.1, 0.15) is 5.75 Å². The Hall–Kier alpha value is -1.92. The van der Waals surface area contributed by atoms with Gasteiger partial charge in [0.25, 0.3) is 10.1 Å². The smallest absolute Gasteiger partial charge is 0.271 e. The van der Waals surface area contributed by atoms with Crippen molar-refractivity contribution in [2.75, 3.05) is 5.75 Å². The van der Waals surface area contributed by atoms with Gasteiger partial charge in [-0.25, -0.2) is 4.57 Å². The van der Waals surface area contributed by atoms with Gasteiger partial charge < -0.3 is 4.57 Å². The van der Waals surface area contributed by atoms with E-state index < -0.39 is 10.1 Å². The largest absolute Gasteiger partial charge is 0.351 e. The summed E-state index contributed by atoms with van der Waals surface area (Å²) >= 11 is 0. The Bertz CT molecular complexity index is 700. The molecule has 0 atom stereocenters. The summed E-state index contributed by atoms with van der Waals surface area (Å²) < 4.78 is 33.8. The Kier molecular flexibility index (Phi) is 4.36. The second-order valence-electron chi connectivity index (χ2n) is 4.53. The Morgan fingerprint density at radius 2 is 1.95 bits per heavy atom. The van der Waals surface area contributed by atoms with Crippen molar-refractivity contribution in [1.82, 2.24) is 4.57 Å². The van der Waals surface area contributed by atoms with Crippen molar-refractivity contribution in [2.24, 2.45) is 7.05 Å². The summed E-state index contributed by atoms with van der Waals surface area (Å²) in [4.78, 5) is 0. The monoisotopic (exact) mass is 293 g/mol. The fraction of sp³-hybridized carbons (Fsp3) is 0.214. The molecular weight excluding hydrogens is 276 g/mol. The van der Waals surface area contributed by atoms with E-state index in [-0.39, 0.29) is 12.3 Å². The number of pyridine rings is 1. The van der Waals surface area contributed by atoms with Crippen LogP contribution in [0.5, 0.6) is 0 Å². The van der Waals surface area contributed by atoms with Gasteiger partial charge in [-0.15, -0.1) is 0 Å². The molecule has 0 bridgehead atoms. The van der Waals surface area contributed by atoms with E-state index in [2.05, 4.69) is 0 Å². The molecule has 2 heterocycles. The van der Waals surface area contributed by atoms with Gasteiger partial charge in [-0.05, 0) is 23.8 Å². The molecule has 0 fully saturated rings. The highest BCUT2D eigenvalue weighted by molar-refractivity contribution is 7.85. The zero-order valence-electron chi connectivity index (χ0n) is 11.2. The maximum Gasteiger partial charge on any atom is 0.271 e. The molecule has 0 aromatic carbocycles. The SMILES string of the molecule is Cn1cccc1/C=C/c1cc[n+](CCS(=O)(=O)O)cc1. The van der Waals surface area contributed by atoms with Crippen LogP contribution >= 0.6 is 0 Å². The lowest BCUT2D eigenvalue weighted by molar-refractivity contribution is -0.692. The average Bonchev–Trinajstić information content (AvgIpc) is 2.80. The normalized spacial score (nSPS) is 12.1. The number of aromatic nitrogens is 2. The maximum absolute atomic E-state index is 10.7. The third kappa shape index (κ3) is 4.32. The molecule has 0 amide bonds. The molecule has 0 unspecified atom stereocenters. The van der Waals surface area contributed by atoms with Crippen LogP contribution in [0.4, 0.5) is 0 Å². The van der Waals surface area contributed by atoms with E-state index >= 15 is 0 Å². The summed E-state index contributed by atoms with van der Waals surface area (Å²) in [7, 11) is -1.93. The molecule has 5 nitrogen and oxygen atoms in total. The van der Waals surface area contributed by atoms with Gasteiger partial charge in [-0.2, -0.15) is 8.42 Å². The molecule has 0 saturated heterocycles. The summed E-state index contributed by atoms with van der Waals surface area (Å²) in [5.41, 5.74) is 2.13. The Morgan fingerprint density at radius 1 is 1.25 bits per heavy atom. The van der Waals surface area contributed by atoms with Gasteiger partial charge in [0, 0.05) is 31.1 Å². The summed E-state index contributed by atoms with van der Waals surface area (Å²) in [5, 5.41) is 0. The zero-order valence-corrected chi connectivity index (χ0v) is 12.0. The molecular formula is C14H17N2O3S+. The van der Waals surface area contributed by atoms with Crippen LogP contribution in [-0.4, -0.2) is 23.3 Å². The molecule has 2 aromatic rings. The minimum atomic E-state index is -3.91. The van der Waals surface area contributed by atoms with Crippen LogP contribution < -0.4 is 4.57 Å². The highest BCUT2D eigenvalue weighted by Crippen LogP contribution is 2.06. The van der Waals surface area contributed by atoms with Crippen LogP contribution in [0.2, 0.25) is 0 Å². The van der Waals surface area contributed by atoms with E-state index in [1.54, 1.807) is 17.0 Å². The third-order valence-corrected chi connectivity index (χ3v) is 3.65. The highest BCUT2D eigenvalue weighted by Gasteiger charge is 2.08. The van der Waals surface area contributed by atoms with E-state index in [9.17, 15) is 8.42 Å². The summed E-state index contributed by atoms with van der Waals surface area (Å²) in [6.07, 6.45) is 9.56. The van der Waals surface area contributed by atoms with E-state index in [0.29, 0.717) is 0 Å². The first-order valence-corrected chi connectivity index (χ1v) is 7.79. The number of hydrogen-bond donors (Lipinski definition) is 1. The predicted molar refractivity (Wildman–Crippen MR) is 77.4 cm³/mol. The quantitative estimate of drug-likeness (QED) is 0.669. The summed E-state index contributed by atoms with van der Waals surface area (Å²) in [5.74, 6) is -0.282. The summed E-state index contributed by atoms with van der Waals surface area (Å²) in [6, 6.07) is 7.78. The lowest BCUT2D eigenvalue weighted by Gasteiger charge is -1.97. The van der Waals surface area contributed by atoms with Gasteiger partial charge in [0.2, 0.25) is 0 Å². The standard InChI is InChI=1S/C14H16N2O3S/c1-15-8-2-3-14(15)5-4-13-6-9-16(10-7-13)11-12-20(17,18)19/h2-10H,11-12H2,1H3/p+1. The molecule has 20 heavy (non-hydrogen) atoms. The van der Waals surface area contributed by atoms with Crippen molar-refractivity contribution < 1.29 is 17.5 Å². The van der Waals surface area contributed by atoms with Crippen molar-refractivity contribution in [3.05, 3.63) is 54.1 Å². The van der Waals surface area contributed by atoms with Crippen LogP contribution in [0.3, 0.4) is 0 Å². The number of rotatable bonds is 5. The molecule has 2 rings (SSSR count). The van der Waals surface area contributed by atoms with Crippen molar-refractivity contribution in [3.63, 3.8) is 0 Å². The van der Waals surface area contributed by atoms with Gasteiger partial charge in [-0.3, -0.25) is 4.55 Å². The minimum absolute atomic E-state index is 0.237. The first-order valence-electron chi connectivity index (χ1n) is 6.18. The lowest BCUT2D eigenvalue weighted by atomic mass is 10.2. The first-order chi connectivity index (χ1) is 9.44. The van der Waals surface area contributed by atoms with Crippen LogP contribution in [0, 0.1) is 0 Å². The van der Waals surface area contributed by atoms with Crippen molar-refractivity contribution in [2.45, 2.75) is 6.54 Å². The fourth-order valence-corrected chi connectivity index (χ4v) is 2.22. The molecule has 0 spiro atoms. The molecule has 0 aliphatic carbocycles. The van der Waals surface area contributed by atoms with E-state index in [0.717, 1.165) is 11.3 Å². The minimum Gasteiger partial charge on any atom is -0.351 e. The van der Waals surface area contributed by atoms with E-state index in [1.165, 1.54) is 0 Å². The Balaban J connectivity index is 2.02. The van der Waals surface area contributed by atoms with Crippen LogP contribution in [0.1, 0.15) is 11.3 Å². The van der Waals surface area contributed by atoms with Crippen molar-refractivity contribution in [3.8, 4) is 0 Å². The fourth-order valence-electron chi connectivity index (χ4n) is 1.78. The van der Waals surface area contributed by atoms with Crippen LogP contribution in [-0.2, 0) is 23.7 Å². The van der Waals surface area contributed by atoms with Crippen molar-refractivity contribution >= 4 is 22.3 Å².